The summed E-state index contributed by atoms with van der Waals surface area (Å²) in [6.45, 7) is 1.94. The number of hydrogen-bond acceptors (Lipinski definition) is 5. The van der Waals surface area contributed by atoms with Crippen molar-refractivity contribution in [2.24, 2.45) is 11.8 Å². The van der Waals surface area contributed by atoms with Gasteiger partial charge in [-0.25, -0.2) is 13.4 Å². The lowest BCUT2D eigenvalue weighted by atomic mass is 9.66. The highest BCUT2D eigenvalue weighted by Crippen LogP contribution is 2.48. The van der Waals surface area contributed by atoms with Gasteiger partial charge in [0.25, 0.3) is 0 Å². The lowest BCUT2D eigenvalue weighted by Gasteiger charge is -2.38. The number of aromatic nitrogens is 2. The number of nitrogens with one attached hydrogen (secondary N) is 1. The molecule has 0 atom stereocenters. The van der Waals surface area contributed by atoms with Crippen molar-refractivity contribution in [3.05, 3.63) is 59.8 Å². The van der Waals surface area contributed by atoms with Crippen LogP contribution in [0.15, 0.2) is 53.6 Å². The molecule has 0 amide bonds. The van der Waals surface area contributed by atoms with E-state index < -0.39 is 17.0 Å². The van der Waals surface area contributed by atoms with Crippen LogP contribution in [0.3, 0.4) is 0 Å². The second kappa shape index (κ2) is 6.74. The molecule has 1 aromatic carbocycles. The first-order chi connectivity index (χ1) is 13.9. The molecule has 2 aliphatic rings. The number of aromatic amines is 1. The molecule has 1 aliphatic carbocycles. The van der Waals surface area contributed by atoms with Crippen LogP contribution >= 0.6 is 0 Å². The van der Waals surface area contributed by atoms with Crippen LogP contribution in [-0.4, -0.2) is 36.3 Å². The number of sulfone groups is 1. The molecule has 3 aromatic rings. The third-order valence-corrected chi connectivity index (χ3v) is 7.82. The van der Waals surface area contributed by atoms with Crippen LogP contribution in [-0.2, 0) is 9.84 Å². The number of fused-ring (bicyclic) bond motifs is 3. The van der Waals surface area contributed by atoms with Gasteiger partial charge < -0.3 is 14.7 Å². The van der Waals surface area contributed by atoms with E-state index in [0.717, 1.165) is 40.6 Å². The minimum atomic E-state index is -3.30. The van der Waals surface area contributed by atoms with Gasteiger partial charge in [-0.05, 0) is 61.3 Å². The third-order valence-electron chi connectivity index (χ3n) is 5.92. The molecule has 0 radical (unpaired) electrons. The predicted molar refractivity (Wildman–Crippen MR) is 112 cm³/mol. The van der Waals surface area contributed by atoms with Crippen LogP contribution in [0.25, 0.3) is 16.6 Å². The molecular formula is C21H21BN2O4S. The molecule has 3 heterocycles. The number of hydrogen-bond donors (Lipinski definition) is 2. The fourth-order valence-electron chi connectivity index (χ4n) is 4.40. The van der Waals surface area contributed by atoms with Gasteiger partial charge in [0.1, 0.15) is 11.4 Å². The zero-order valence-electron chi connectivity index (χ0n) is 16.0. The number of allylic oxidation sites excluding steroid dienone is 1. The fraction of sp³-hybridized carbons (Fsp3) is 0.286. The second-order valence-corrected chi connectivity index (χ2v) is 10.0. The van der Waals surface area contributed by atoms with Crippen molar-refractivity contribution in [3.8, 4) is 5.75 Å². The van der Waals surface area contributed by atoms with Gasteiger partial charge in [-0.15, -0.1) is 0 Å². The van der Waals surface area contributed by atoms with Crippen LogP contribution < -0.4 is 4.65 Å². The maximum Gasteiger partial charge on any atom is 0.552 e. The van der Waals surface area contributed by atoms with Crippen molar-refractivity contribution in [1.82, 2.24) is 9.97 Å². The van der Waals surface area contributed by atoms with E-state index in [0.29, 0.717) is 10.6 Å². The highest BCUT2D eigenvalue weighted by atomic mass is 32.2. The van der Waals surface area contributed by atoms with Crippen molar-refractivity contribution in [2.75, 3.05) is 5.75 Å². The van der Waals surface area contributed by atoms with E-state index in [1.54, 1.807) is 24.3 Å². The predicted octanol–water partition coefficient (Wildman–Crippen LogP) is 3.17. The van der Waals surface area contributed by atoms with Gasteiger partial charge in [-0.1, -0.05) is 17.7 Å². The fourth-order valence-corrected chi connectivity index (χ4v) is 6.03. The zero-order chi connectivity index (χ0) is 20.2. The number of rotatable bonds is 4. The van der Waals surface area contributed by atoms with Crippen LogP contribution in [0.5, 0.6) is 5.75 Å². The summed E-state index contributed by atoms with van der Waals surface area (Å²) in [6, 6.07) is 8.98. The SMILES string of the molecule is Cc1ccc(S(=O)(=O)CC2CC(C3=CB(O)Oc4cnc5[nH]ccc5c43)C2)cc1. The van der Waals surface area contributed by atoms with E-state index in [9.17, 15) is 13.4 Å². The number of aryl methyl sites for hydroxylation is 1. The first-order valence-electron chi connectivity index (χ1n) is 9.73. The highest BCUT2D eigenvalue weighted by Gasteiger charge is 2.39. The Morgan fingerprint density at radius 2 is 2.00 bits per heavy atom. The first-order valence-corrected chi connectivity index (χ1v) is 11.4. The van der Waals surface area contributed by atoms with Crippen LogP contribution in [0.1, 0.15) is 24.0 Å². The topological polar surface area (TPSA) is 92.3 Å². The molecule has 0 spiro atoms. The van der Waals surface area contributed by atoms with E-state index in [1.807, 2.05) is 31.3 Å². The Morgan fingerprint density at radius 1 is 1.24 bits per heavy atom. The van der Waals surface area contributed by atoms with Crippen molar-refractivity contribution < 1.29 is 18.1 Å². The zero-order valence-corrected chi connectivity index (χ0v) is 16.8. The Hall–Kier alpha value is -2.58. The number of pyridine rings is 1. The van der Waals surface area contributed by atoms with Gasteiger partial charge in [0.2, 0.25) is 0 Å². The summed E-state index contributed by atoms with van der Waals surface area (Å²) in [5.74, 6) is 2.77. The quantitative estimate of drug-likeness (QED) is 0.647. The smallest absolute Gasteiger partial charge is 0.531 e. The number of nitrogens with zero attached hydrogens (tertiary/aromatic N) is 1. The van der Waals surface area contributed by atoms with Gasteiger partial charge in [0.05, 0.1) is 16.8 Å². The molecule has 6 nitrogen and oxygen atoms in total. The Kier molecular flexibility index (Phi) is 4.29. The summed E-state index contributed by atoms with van der Waals surface area (Å²) in [6.07, 6.45) is 5.01. The minimum Gasteiger partial charge on any atom is -0.531 e. The Bertz CT molecular complexity index is 1210. The van der Waals surface area contributed by atoms with Gasteiger partial charge in [-0.2, -0.15) is 0 Å². The molecule has 1 fully saturated rings. The van der Waals surface area contributed by atoms with Crippen molar-refractivity contribution >= 4 is 33.6 Å². The maximum atomic E-state index is 12.7. The monoisotopic (exact) mass is 408 g/mol. The molecule has 2 N–H and O–H groups in total. The average molecular weight is 408 g/mol. The number of H-pyrrole nitrogens is 1. The van der Waals surface area contributed by atoms with E-state index in [2.05, 4.69) is 9.97 Å². The van der Waals surface area contributed by atoms with Gasteiger partial charge in [0, 0.05) is 17.1 Å². The summed E-state index contributed by atoms with van der Waals surface area (Å²) in [5, 5.41) is 11.1. The molecule has 8 heteroatoms. The van der Waals surface area contributed by atoms with E-state index in [1.165, 1.54) is 0 Å². The average Bonchev–Trinajstić information content (AvgIpc) is 3.12. The normalized spacial score (nSPS) is 21.3. The van der Waals surface area contributed by atoms with Gasteiger partial charge in [-0.3, -0.25) is 0 Å². The summed E-state index contributed by atoms with van der Waals surface area (Å²) < 4.78 is 31.0. The highest BCUT2D eigenvalue weighted by molar-refractivity contribution is 7.91. The standard InChI is InChI=1S/C21H21BN2O4S/c1-13-2-4-16(5-3-13)29(26,27)12-14-8-15(9-14)18-10-22(25)28-19-11-24-21-17(20(18)19)6-7-23-21/h2-7,10-11,14-15,25H,8-9,12H2,1H3,(H,23,24). The first kappa shape index (κ1) is 18.5. The summed E-state index contributed by atoms with van der Waals surface area (Å²) in [7, 11) is -4.31. The van der Waals surface area contributed by atoms with E-state index in [4.69, 9.17) is 4.65 Å². The minimum absolute atomic E-state index is 0.110. The maximum absolute atomic E-state index is 12.7. The Labute approximate surface area is 169 Å². The molecule has 1 aliphatic heterocycles. The van der Waals surface area contributed by atoms with E-state index in [-0.39, 0.29) is 17.6 Å². The molecule has 2 aromatic heterocycles. The lowest BCUT2D eigenvalue weighted by molar-refractivity contribution is 0.273. The molecule has 0 unspecified atom stereocenters. The molecule has 29 heavy (non-hydrogen) atoms. The van der Waals surface area contributed by atoms with Crippen LogP contribution in [0, 0.1) is 18.8 Å². The van der Waals surface area contributed by atoms with Crippen LogP contribution in [0.4, 0.5) is 0 Å². The molecule has 1 saturated carbocycles. The van der Waals surface area contributed by atoms with Crippen LogP contribution in [0.2, 0.25) is 0 Å². The molecule has 0 bridgehead atoms. The number of benzene rings is 1. The van der Waals surface area contributed by atoms with Gasteiger partial charge >= 0.3 is 7.12 Å². The van der Waals surface area contributed by atoms with Crippen molar-refractivity contribution in [1.29, 1.82) is 0 Å². The second-order valence-electron chi connectivity index (χ2n) is 8.00. The molecule has 148 valence electrons. The van der Waals surface area contributed by atoms with Crippen molar-refractivity contribution in [3.63, 3.8) is 0 Å². The molecular weight excluding hydrogens is 387 g/mol. The largest absolute Gasteiger partial charge is 0.552 e. The Balaban J connectivity index is 1.36. The summed E-state index contributed by atoms with van der Waals surface area (Å²) in [5.41, 5.74) is 3.79. The molecule has 5 rings (SSSR count). The third kappa shape index (κ3) is 3.26. The summed E-state index contributed by atoms with van der Waals surface area (Å²) >= 11 is 0. The van der Waals surface area contributed by atoms with Gasteiger partial charge in [0.15, 0.2) is 9.84 Å². The lowest BCUT2D eigenvalue weighted by Crippen LogP contribution is -2.33. The van der Waals surface area contributed by atoms with E-state index >= 15 is 0 Å². The summed E-state index contributed by atoms with van der Waals surface area (Å²) in [4.78, 5) is 7.82. The van der Waals surface area contributed by atoms with Crippen molar-refractivity contribution in [2.45, 2.75) is 24.7 Å². The molecule has 0 saturated heterocycles. The Morgan fingerprint density at radius 3 is 2.76 bits per heavy atom.